The SMILES string of the molecule is CS(=O)(=O)N1CCC(C(=S)OC(C(F)(F)F)C(F)(F)F)CC1. The van der Waals surface area contributed by atoms with Gasteiger partial charge in [0.1, 0.15) is 0 Å². The fourth-order valence-corrected chi connectivity index (χ4v) is 3.16. The van der Waals surface area contributed by atoms with Crippen molar-refractivity contribution in [2.75, 3.05) is 19.3 Å². The summed E-state index contributed by atoms with van der Waals surface area (Å²) in [7, 11) is -3.46. The highest BCUT2D eigenvalue weighted by atomic mass is 32.2. The Hall–Kier alpha value is -0.620. The van der Waals surface area contributed by atoms with Crippen LogP contribution >= 0.6 is 12.2 Å². The third-order valence-electron chi connectivity index (χ3n) is 3.08. The zero-order chi connectivity index (χ0) is 17.3. The highest BCUT2D eigenvalue weighted by Crippen LogP contribution is 2.37. The Morgan fingerprint density at radius 3 is 1.86 bits per heavy atom. The zero-order valence-corrected chi connectivity index (χ0v) is 12.9. The van der Waals surface area contributed by atoms with Crippen LogP contribution < -0.4 is 0 Å². The molecule has 1 saturated heterocycles. The van der Waals surface area contributed by atoms with Crippen molar-refractivity contribution in [3.63, 3.8) is 0 Å². The molecule has 1 heterocycles. The van der Waals surface area contributed by atoms with Gasteiger partial charge in [-0.2, -0.15) is 26.3 Å². The van der Waals surface area contributed by atoms with Crippen molar-refractivity contribution in [1.29, 1.82) is 0 Å². The fraction of sp³-hybridized carbons (Fsp3) is 0.900. The van der Waals surface area contributed by atoms with Gasteiger partial charge in [-0.15, -0.1) is 0 Å². The van der Waals surface area contributed by atoms with E-state index in [1.807, 2.05) is 0 Å². The molecule has 0 aromatic heterocycles. The van der Waals surface area contributed by atoms with E-state index >= 15 is 0 Å². The summed E-state index contributed by atoms with van der Waals surface area (Å²) in [6.07, 6.45) is -14.2. The first-order valence-electron chi connectivity index (χ1n) is 6.02. The second-order valence-corrected chi connectivity index (χ2v) is 7.22. The van der Waals surface area contributed by atoms with Crippen molar-refractivity contribution in [3.05, 3.63) is 0 Å². The van der Waals surface area contributed by atoms with Crippen molar-refractivity contribution in [2.45, 2.75) is 31.3 Å². The maximum absolute atomic E-state index is 12.4. The van der Waals surface area contributed by atoms with Crippen LogP contribution in [0.25, 0.3) is 0 Å². The van der Waals surface area contributed by atoms with Gasteiger partial charge in [-0.1, -0.05) is 0 Å². The van der Waals surface area contributed by atoms with Gasteiger partial charge in [-0.3, -0.25) is 0 Å². The third kappa shape index (κ3) is 5.23. The van der Waals surface area contributed by atoms with Gasteiger partial charge in [0.25, 0.3) is 6.10 Å². The zero-order valence-electron chi connectivity index (χ0n) is 11.2. The second-order valence-electron chi connectivity index (χ2n) is 4.84. The lowest BCUT2D eigenvalue weighted by atomic mass is 9.99. The Labute approximate surface area is 128 Å². The Balaban J connectivity index is 2.70. The van der Waals surface area contributed by atoms with Crippen molar-refractivity contribution >= 4 is 27.3 Å². The van der Waals surface area contributed by atoms with Crippen molar-refractivity contribution in [1.82, 2.24) is 4.31 Å². The quantitative estimate of drug-likeness (QED) is 0.563. The molecule has 0 unspecified atom stereocenters. The first-order valence-corrected chi connectivity index (χ1v) is 8.27. The number of sulfonamides is 1. The molecule has 0 spiro atoms. The van der Waals surface area contributed by atoms with Gasteiger partial charge in [0.2, 0.25) is 10.0 Å². The van der Waals surface area contributed by atoms with E-state index in [-0.39, 0.29) is 25.9 Å². The molecule has 1 aliphatic heterocycles. The number of halogens is 6. The molecule has 0 N–H and O–H groups in total. The molecule has 130 valence electrons. The monoisotopic (exact) mass is 373 g/mol. The Morgan fingerprint density at radius 2 is 1.55 bits per heavy atom. The fourth-order valence-electron chi connectivity index (χ4n) is 1.95. The minimum Gasteiger partial charge on any atom is -0.464 e. The standard InChI is InChI=1S/C10H13F6NO3S2/c1-22(18,19)17-4-2-6(3-5-17)7(21)20-8(9(11,12)13)10(14,15)16/h6,8H,2-5H2,1H3. The number of hydrogen-bond donors (Lipinski definition) is 0. The Bertz CT molecular complexity index is 494. The summed E-state index contributed by atoms with van der Waals surface area (Å²) in [5.74, 6) is -0.833. The number of piperidine rings is 1. The van der Waals surface area contributed by atoms with E-state index in [1.165, 1.54) is 0 Å². The van der Waals surface area contributed by atoms with Gasteiger partial charge in [-0.25, -0.2) is 12.7 Å². The lowest BCUT2D eigenvalue weighted by Gasteiger charge is -2.32. The maximum Gasteiger partial charge on any atom is 0.434 e. The number of alkyl halides is 6. The average Bonchev–Trinajstić information content (AvgIpc) is 2.32. The van der Waals surface area contributed by atoms with Crippen LogP contribution in [0, 0.1) is 5.92 Å². The predicted molar refractivity (Wildman–Crippen MR) is 68.7 cm³/mol. The molecule has 0 atom stereocenters. The van der Waals surface area contributed by atoms with E-state index in [9.17, 15) is 34.8 Å². The van der Waals surface area contributed by atoms with Crippen LogP contribution in [-0.2, 0) is 14.8 Å². The minimum atomic E-state index is -5.63. The smallest absolute Gasteiger partial charge is 0.434 e. The molecule has 0 amide bonds. The highest BCUT2D eigenvalue weighted by Gasteiger charge is 2.59. The van der Waals surface area contributed by atoms with Crippen LogP contribution in [0.2, 0.25) is 0 Å². The molecule has 0 aromatic carbocycles. The molecule has 0 radical (unpaired) electrons. The largest absolute Gasteiger partial charge is 0.464 e. The first-order chi connectivity index (χ1) is 9.73. The first kappa shape index (κ1) is 19.4. The van der Waals surface area contributed by atoms with E-state index in [2.05, 4.69) is 17.0 Å². The molecule has 12 heteroatoms. The van der Waals surface area contributed by atoms with E-state index in [1.54, 1.807) is 0 Å². The van der Waals surface area contributed by atoms with Gasteiger partial charge in [0, 0.05) is 19.0 Å². The van der Waals surface area contributed by atoms with Crippen LogP contribution in [-0.4, -0.2) is 55.6 Å². The number of hydrogen-bond acceptors (Lipinski definition) is 4. The van der Waals surface area contributed by atoms with Crippen LogP contribution in [0.1, 0.15) is 12.8 Å². The highest BCUT2D eigenvalue weighted by molar-refractivity contribution is 7.88. The number of ether oxygens (including phenoxy) is 1. The number of thiocarbonyl (C=S) groups is 1. The van der Waals surface area contributed by atoms with Gasteiger partial charge in [-0.05, 0) is 25.1 Å². The summed E-state index contributed by atoms with van der Waals surface area (Å²) >= 11 is 4.53. The van der Waals surface area contributed by atoms with Crippen molar-refractivity contribution < 1.29 is 39.5 Å². The summed E-state index contributed by atoms with van der Waals surface area (Å²) in [5, 5.41) is -0.798. The second kappa shape index (κ2) is 6.48. The molecule has 1 rings (SSSR count). The summed E-state index contributed by atoms with van der Waals surface area (Å²) in [6, 6.07) is 0. The molecule has 1 aliphatic rings. The van der Waals surface area contributed by atoms with Gasteiger partial charge in [0.15, 0.2) is 5.05 Å². The van der Waals surface area contributed by atoms with E-state index < -0.39 is 39.4 Å². The summed E-state index contributed by atoms with van der Waals surface area (Å²) < 4.78 is 102. The lowest BCUT2D eigenvalue weighted by Crippen LogP contribution is -2.47. The minimum absolute atomic E-state index is 0.00827. The summed E-state index contributed by atoms with van der Waals surface area (Å²) in [6.45, 7) is -0.0641. The van der Waals surface area contributed by atoms with Crippen molar-refractivity contribution in [2.24, 2.45) is 5.92 Å². The Morgan fingerprint density at radius 1 is 1.14 bits per heavy atom. The summed E-state index contributed by atoms with van der Waals surface area (Å²) in [5.41, 5.74) is 0. The van der Waals surface area contributed by atoms with Crippen LogP contribution in [0.5, 0.6) is 0 Å². The third-order valence-corrected chi connectivity index (χ3v) is 4.82. The molecule has 4 nitrogen and oxygen atoms in total. The van der Waals surface area contributed by atoms with Gasteiger partial charge in [0.05, 0.1) is 6.26 Å². The maximum atomic E-state index is 12.4. The molecular weight excluding hydrogens is 360 g/mol. The van der Waals surface area contributed by atoms with Crippen LogP contribution in [0.3, 0.4) is 0 Å². The van der Waals surface area contributed by atoms with Crippen LogP contribution in [0.15, 0.2) is 0 Å². The number of nitrogens with zero attached hydrogens (tertiary/aromatic N) is 1. The van der Waals surface area contributed by atoms with E-state index in [4.69, 9.17) is 0 Å². The topological polar surface area (TPSA) is 46.6 Å². The lowest BCUT2D eigenvalue weighted by molar-refractivity contribution is -0.303. The molecule has 0 bridgehead atoms. The molecule has 1 fully saturated rings. The van der Waals surface area contributed by atoms with Crippen molar-refractivity contribution in [3.8, 4) is 0 Å². The molecule has 0 aromatic rings. The molecular formula is C10H13F6NO3S2. The molecule has 0 saturated carbocycles. The molecule has 22 heavy (non-hydrogen) atoms. The number of rotatable bonds is 3. The molecule has 0 aliphatic carbocycles. The average molecular weight is 373 g/mol. The predicted octanol–water partition coefficient (Wildman–Crippen LogP) is 2.50. The summed E-state index contributed by atoms with van der Waals surface area (Å²) in [4.78, 5) is 0. The normalized spacial score (nSPS) is 19.5. The van der Waals surface area contributed by atoms with Gasteiger partial charge < -0.3 is 4.74 Å². The van der Waals surface area contributed by atoms with E-state index in [0.717, 1.165) is 10.6 Å². The van der Waals surface area contributed by atoms with Crippen LogP contribution in [0.4, 0.5) is 26.3 Å². The van der Waals surface area contributed by atoms with E-state index in [0.29, 0.717) is 0 Å². The van der Waals surface area contributed by atoms with Gasteiger partial charge >= 0.3 is 12.4 Å². The Kier molecular flexibility index (Phi) is 5.72.